The third-order valence-corrected chi connectivity index (χ3v) is 3.05. The molecule has 0 amide bonds. The van der Waals surface area contributed by atoms with Crippen LogP contribution < -0.4 is 0 Å². The highest BCUT2D eigenvalue weighted by atomic mass is 35.5. The van der Waals surface area contributed by atoms with Gasteiger partial charge in [0, 0.05) is 12.1 Å². The molecule has 0 aliphatic heterocycles. The first-order chi connectivity index (χ1) is 8.72. The van der Waals surface area contributed by atoms with E-state index in [-0.39, 0.29) is 0 Å². The van der Waals surface area contributed by atoms with Crippen molar-refractivity contribution in [2.24, 2.45) is 0 Å². The molecule has 0 aliphatic rings. The molecule has 1 heterocycles. The van der Waals surface area contributed by atoms with Crippen molar-refractivity contribution in [2.75, 3.05) is 5.88 Å². The number of nitrogens with one attached hydrogen (secondary N) is 1. The van der Waals surface area contributed by atoms with Crippen LogP contribution >= 0.6 is 11.6 Å². The van der Waals surface area contributed by atoms with Gasteiger partial charge in [0.25, 0.3) is 0 Å². The van der Waals surface area contributed by atoms with Crippen LogP contribution in [0.3, 0.4) is 0 Å². The molecule has 0 radical (unpaired) electrons. The summed E-state index contributed by atoms with van der Waals surface area (Å²) in [7, 11) is 0. The number of rotatable bonds is 5. The highest BCUT2D eigenvalue weighted by molar-refractivity contribution is 6.17. The van der Waals surface area contributed by atoms with Crippen molar-refractivity contribution in [1.29, 1.82) is 0 Å². The lowest BCUT2D eigenvalue weighted by molar-refractivity contribution is 0.0170. The molecular formula is C13H15ClN2O2. The van der Waals surface area contributed by atoms with Crippen LogP contribution in [0, 0.1) is 0 Å². The van der Waals surface area contributed by atoms with Crippen LogP contribution in [0.2, 0.25) is 0 Å². The Hall–Kier alpha value is -1.36. The standard InChI is InChI=1S/C13H15ClN2O2/c14-7-5-12(17)13(18)10-3-1-9(2-4-10)11-6-8-15-16-11/h1-4,6,8,12-13,17-18H,5,7H2,(H,15,16). The van der Waals surface area contributed by atoms with Gasteiger partial charge in [-0.1, -0.05) is 24.3 Å². The highest BCUT2D eigenvalue weighted by Crippen LogP contribution is 2.23. The highest BCUT2D eigenvalue weighted by Gasteiger charge is 2.17. The number of aliphatic hydroxyl groups excluding tert-OH is 2. The lowest BCUT2D eigenvalue weighted by Crippen LogP contribution is -2.18. The largest absolute Gasteiger partial charge is 0.390 e. The first-order valence-electron chi connectivity index (χ1n) is 5.74. The van der Waals surface area contributed by atoms with Crippen LogP contribution in [-0.2, 0) is 0 Å². The minimum Gasteiger partial charge on any atom is -0.390 e. The molecule has 0 fully saturated rings. The number of halogens is 1. The van der Waals surface area contributed by atoms with Gasteiger partial charge in [0.15, 0.2) is 0 Å². The number of aliphatic hydroxyl groups is 2. The number of hydrogen-bond acceptors (Lipinski definition) is 3. The molecule has 0 saturated carbocycles. The van der Waals surface area contributed by atoms with Crippen molar-refractivity contribution in [3.05, 3.63) is 42.1 Å². The fraction of sp³-hybridized carbons (Fsp3) is 0.308. The zero-order chi connectivity index (χ0) is 13.0. The van der Waals surface area contributed by atoms with Crippen molar-refractivity contribution >= 4 is 11.6 Å². The first-order valence-corrected chi connectivity index (χ1v) is 6.27. The second-order valence-corrected chi connectivity index (χ2v) is 4.46. The van der Waals surface area contributed by atoms with E-state index in [9.17, 15) is 10.2 Å². The third-order valence-electron chi connectivity index (χ3n) is 2.83. The van der Waals surface area contributed by atoms with Crippen molar-refractivity contribution in [2.45, 2.75) is 18.6 Å². The van der Waals surface area contributed by atoms with Gasteiger partial charge >= 0.3 is 0 Å². The van der Waals surface area contributed by atoms with Gasteiger partial charge in [0.05, 0.1) is 11.8 Å². The molecular weight excluding hydrogens is 252 g/mol. The molecule has 4 nitrogen and oxygen atoms in total. The third kappa shape index (κ3) is 2.90. The van der Waals surface area contributed by atoms with Crippen LogP contribution in [0.4, 0.5) is 0 Å². The molecule has 18 heavy (non-hydrogen) atoms. The molecule has 2 unspecified atom stereocenters. The Balaban J connectivity index is 2.12. The van der Waals surface area contributed by atoms with E-state index in [1.165, 1.54) is 0 Å². The van der Waals surface area contributed by atoms with Gasteiger partial charge in [-0.25, -0.2) is 0 Å². The Morgan fingerprint density at radius 3 is 2.44 bits per heavy atom. The summed E-state index contributed by atoms with van der Waals surface area (Å²) in [6.45, 7) is 0. The summed E-state index contributed by atoms with van der Waals surface area (Å²) < 4.78 is 0. The predicted molar refractivity (Wildman–Crippen MR) is 70.3 cm³/mol. The van der Waals surface area contributed by atoms with Crippen LogP contribution in [0.25, 0.3) is 11.3 Å². The maximum Gasteiger partial charge on any atom is 0.105 e. The van der Waals surface area contributed by atoms with Crippen LogP contribution in [0.15, 0.2) is 36.5 Å². The van der Waals surface area contributed by atoms with E-state index in [0.29, 0.717) is 17.9 Å². The topological polar surface area (TPSA) is 69.1 Å². The van der Waals surface area contributed by atoms with Gasteiger partial charge in [-0.05, 0) is 23.6 Å². The Bertz CT molecular complexity index is 470. The van der Waals surface area contributed by atoms with E-state index in [2.05, 4.69) is 10.2 Å². The Kier molecular flexibility index (Phi) is 4.36. The molecule has 0 spiro atoms. The minimum atomic E-state index is -0.903. The number of alkyl halides is 1. The van der Waals surface area contributed by atoms with Crippen molar-refractivity contribution in [3.8, 4) is 11.3 Å². The van der Waals surface area contributed by atoms with Gasteiger partial charge in [-0.15, -0.1) is 11.6 Å². The summed E-state index contributed by atoms with van der Waals surface area (Å²) >= 11 is 5.54. The number of benzene rings is 1. The molecule has 2 aromatic rings. The molecule has 0 saturated heterocycles. The predicted octanol–water partition coefficient (Wildman–Crippen LogP) is 2.10. The van der Waals surface area contributed by atoms with E-state index >= 15 is 0 Å². The second-order valence-electron chi connectivity index (χ2n) is 4.08. The summed E-state index contributed by atoms with van der Waals surface area (Å²) in [5.74, 6) is 0.324. The zero-order valence-corrected chi connectivity index (χ0v) is 10.5. The van der Waals surface area contributed by atoms with Crippen molar-refractivity contribution in [1.82, 2.24) is 10.2 Å². The maximum absolute atomic E-state index is 9.91. The maximum atomic E-state index is 9.91. The van der Waals surface area contributed by atoms with Gasteiger partial charge in [0.1, 0.15) is 6.10 Å². The monoisotopic (exact) mass is 266 g/mol. The normalized spacial score (nSPS) is 14.4. The fourth-order valence-corrected chi connectivity index (χ4v) is 1.99. The molecule has 1 aromatic carbocycles. The number of H-pyrrole nitrogens is 1. The summed E-state index contributed by atoms with van der Waals surface area (Å²) in [5.41, 5.74) is 2.57. The van der Waals surface area contributed by atoms with Crippen LogP contribution in [-0.4, -0.2) is 32.4 Å². The van der Waals surface area contributed by atoms with Crippen LogP contribution in [0.5, 0.6) is 0 Å². The lowest BCUT2D eigenvalue weighted by atomic mass is 10.0. The molecule has 5 heteroatoms. The summed E-state index contributed by atoms with van der Waals surface area (Å²) in [4.78, 5) is 0. The summed E-state index contributed by atoms with van der Waals surface area (Å²) in [5, 5.41) is 26.3. The van der Waals surface area contributed by atoms with Gasteiger partial charge in [0.2, 0.25) is 0 Å². The van der Waals surface area contributed by atoms with E-state index in [1.807, 2.05) is 18.2 Å². The van der Waals surface area contributed by atoms with Gasteiger partial charge in [-0.3, -0.25) is 5.10 Å². The Labute approximate surface area is 110 Å². The van der Waals surface area contributed by atoms with E-state index < -0.39 is 12.2 Å². The average Bonchev–Trinajstić information content (AvgIpc) is 2.92. The van der Waals surface area contributed by atoms with E-state index in [4.69, 9.17) is 11.6 Å². The molecule has 3 N–H and O–H groups in total. The minimum absolute atomic E-state index is 0.324. The number of hydrogen-bond donors (Lipinski definition) is 3. The second kappa shape index (κ2) is 6.00. The van der Waals surface area contributed by atoms with Crippen LogP contribution in [0.1, 0.15) is 18.1 Å². The molecule has 2 atom stereocenters. The fourth-order valence-electron chi connectivity index (χ4n) is 1.77. The van der Waals surface area contributed by atoms with Crippen molar-refractivity contribution < 1.29 is 10.2 Å². The number of nitrogens with zero attached hydrogens (tertiary/aromatic N) is 1. The SMILES string of the molecule is OC(CCCl)C(O)c1ccc(-c2ccn[nH]2)cc1. The van der Waals surface area contributed by atoms with E-state index in [1.54, 1.807) is 18.3 Å². The molecule has 1 aromatic heterocycles. The Morgan fingerprint density at radius 1 is 1.17 bits per heavy atom. The molecule has 0 aliphatic carbocycles. The van der Waals surface area contributed by atoms with E-state index in [0.717, 1.165) is 11.3 Å². The number of aromatic nitrogens is 2. The summed E-state index contributed by atoms with van der Waals surface area (Å²) in [6.07, 6.45) is 0.313. The molecule has 2 rings (SSSR count). The Morgan fingerprint density at radius 2 is 1.89 bits per heavy atom. The first kappa shape index (κ1) is 13.1. The van der Waals surface area contributed by atoms with Gasteiger partial charge in [-0.2, -0.15) is 5.10 Å². The number of aromatic amines is 1. The quantitative estimate of drug-likeness (QED) is 0.726. The zero-order valence-electron chi connectivity index (χ0n) is 9.75. The average molecular weight is 267 g/mol. The smallest absolute Gasteiger partial charge is 0.105 e. The summed E-state index contributed by atoms with van der Waals surface area (Å²) in [6, 6.07) is 9.20. The molecule has 0 bridgehead atoms. The van der Waals surface area contributed by atoms with Gasteiger partial charge < -0.3 is 10.2 Å². The molecule has 96 valence electrons. The lowest BCUT2D eigenvalue weighted by Gasteiger charge is -2.17. The van der Waals surface area contributed by atoms with Crippen molar-refractivity contribution in [3.63, 3.8) is 0 Å².